The van der Waals surface area contributed by atoms with Crippen LogP contribution in [0.25, 0.3) is 0 Å². The number of aryl methyl sites for hydroxylation is 1. The summed E-state index contributed by atoms with van der Waals surface area (Å²) in [5.74, 6) is 0.843. The maximum atomic E-state index is 5.47. The van der Waals surface area contributed by atoms with Gasteiger partial charge in [-0.2, -0.15) is 5.10 Å². The minimum absolute atomic E-state index is 0.532. The Hall–Kier alpha value is -2.86. The van der Waals surface area contributed by atoms with Gasteiger partial charge in [0.25, 0.3) is 0 Å². The van der Waals surface area contributed by atoms with E-state index in [1.165, 1.54) is 5.56 Å². The van der Waals surface area contributed by atoms with Gasteiger partial charge >= 0.3 is 0 Å². The van der Waals surface area contributed by atoms with E-state index in [-0.39, 0.29) is 0 Å². The van der Waals surface area contributed by atoms with Gasteiger partial charge in [0.15, 0.2) is 5.11 Å². The summed E-state index contributed by atoms with van der Waals surface area (Å²) in [5.41, 5.74) is 5.02. The van der Waals surface area contributed by atoms with E-state index in [1.807, 2.05) is 67.9 Å². The van der Waals surface area contributed by atoms with Crippen LogP contribution in [0.4, 0.5) is 11.4 Å². The van der Waals surface area contributed by atoms with E-state index in [1.54, 1.807) is 0 Å². The van der Waals surface area contributed by atoms with Crippen molar-refractivity contribution in [3.8, 4) is 5.75 Å². The Kier molecular flexibility index (Phi) is 6.08. The molecule has 3 aromatic rings. The van der Waals surface area contributed by atoms with E-state index < -0.39 is 0 Å². The van der Waals surface area contributed by atoms with Gasteiger partial charge in [-0.1, -0.05) is 30.3 Å². The van der Waals surface area contributed by atoms with Crippen LogP contribution in [0.3, 0.4) is 0 Å². The summed E-state index contributed by atoms with van der Waals surface area (Å²) < 4.78 is 7.45. The van der Waals surface area contributed by atoms with Gasteiger partial charge in [0.1, 0.15) is 5.75 Å². The lowest BCUT2D eigenvalue weighted by Gasteiger charge is -2.12. The summed E-state index contributed by atoms with van der Waals surface area (Å²) in [6.45, 7) is 7.38. The van der Waals surface area contributed by atoms with Gasteiger partial charge in [-0.15, -0.1) is 0 Å². The van der Waals surface area contributed by atoms with E-state index in [4.69, 9.17) is 17.0 Å². The molecule has 6 heteroatoms. The molecule has 0 radical (unpaired) electrons. The second kappa shape index (κ2) is 8.68. The summed E-state index contributed by atoms with van der Waals surface area (Å²) in [4.78, 5) is 0. The number of aromatic nitrogens is 2. The largest absolute Gasteiger partial charge is 0.494 e. The molecule has 1 aromatic heterocycles. The standard InChI is InChI=1S/C21H24N4OS/c1-4-26-19-12-10-18(11-13-19)22-21(27)23-20-15(2)24-25(16(20)3)14-17-8-6-5-7-9-17/h5-13H,4,14H2,1-3H3,(H2,22,23,27). The van der Waals surface area contributed by atoms with E-state index in [2.05, 4.69) is 27.9 Å². The molecule has 0 spiro atoms. The van der Waals surface area contributed by atoms with Gasteiger partial charge in [0.05, 0.1) is 30.2 Å². The molecule has 1 heterocycles. The lowest BCUT2D eigenvalue weighted by atomic mass is 10.2. The van der Waals surface area contributed by atoms with Crippen molar-refractivity contribution in [2.45, 2.75) is 27.3 Å². The zero-order valence-corrected chi connectivity index (χ0v) is 16.6. The second-order valence-electron chi connectivity index (χ2n) is 6.23. The maximum Gasteiger partial charge on any atom is 0.175 e. The smallest absolute Gasteiger partial charge is 0.175 e. The Morgan fingerprint density at radius 1 is 1.04 bits per heavy atom. The molecule has 2 N–H and O–H groups in total. The van der Waals surface area contributed by atoms with Crippen molar-refractivity contribution in [3.63, 3.8) is 0 Å². The van der Waals surface area contributed by atoms with Crippen molar-refractivity contribution in [1.82, 2.24) is 9.78 Å². The summed E-state index contributed by atoms with van der Waals surface area (Å²) in [5, 5.41) is 11.7. The molecular formula is C21H24N4OS. The third-order valence-electron chi connectivity index (χ3n) is 4.22. The summed E-state index contributed by atoms with van der Waals surface area (Å²) in [7, 11) is 0. The van der Waals surface area contributed by atoms with Gasteiger partial charge in [-0.05, 0) is 62.8 Å². The topological polar surface area (TPSA) is 51.1 Å². The number of rotatable bonds is 6. The molecule has 5 nitrogen and oxygen atoms in total. The Balaban J connectivity index is 1.67. The van der Waals surface area contributed by atoms with Crippen LogP contribution in [0.2, 0.25) is 0 Å². The van der Waals surface area contributed by atoms with Crippen LogP contribution in [0, 0.1) is 13.8 Å². The van der Waals surface area contributed by atoms with Crippen LogP contribution >= 0.6 is 12.2 Å². The first-order valence-corrected chi connectivity index (χ1v) is 9.36. The number of nitrogens with one attached hydrogen (secondary N) is 2. The Labute approximate surface area is 165 Å². The van der Waals surface area contributed by atoms with Gasteiger partial charge < -0.3 is 15.4 Å². The number of benzene rings is 2. The fourth-order valence-corrected chi connectivity index (χ4v) is 3.09. The average Bonchev–Trinajstić information content (AvgIpc) is 2.92. The van der Waals surface area contributed by atoms with Crippen LogP contribution in [-0.4, -0.2) is 21.5 Å². The van der Waals surface area contributed by atoms with E-state index >= 15 is 0 Å². The van der Waals surface area contributed by atoms with Crippen molar-refractivity contribution in [2.75, 3.05) is 17.2 Å². The number of nitrogens with zero attached hydrogens (tertiary/aromatic N) is 2. The van der Waals surface area contributed by atoms with Crippen molar-refractivity contribution in [3.05, 3.63) is 71.5 Å². The number of thiocarbonyl (C=S) groups is 1. The zero-order chi connectivity index (χ0) is 19.2. The molecule has 0 fully saturated rings. The molecule has 0 saturated carbocycles. The quantitative estimate of drug-likeness (QED) is 0.604. The average molecular weight is 381 g/mol. The minimum Gasteiger partial charge on any atom is -0.494 e. The van der Waals surface area contributed by atoms with Gasteiger partial charge in [-0.25, -0.2) is 0 Å². The normalized spacial score (nSPS) is 10.5. The first-order valence-electron chi connectivity index (χ1n) is 8.95. The number of hydrogen-bond donors (Lipinski definition) is 2. The number of hydrogen-bond acceptors (Lipinski definition) is 3. The second-order valence-corrected chi connectivity index (χ2v) is 6.63. The molecule has 0 bridgehead atoms. The first-order chi connectivity index (χ1) is 13.1. The molecule has 3 rings (SSSR count). The van der Waals surface area contributed by atoms with E-state index in [0.717, 1.165) is 35.1 Å². The van der Waals surface area contributed by atoms with Crippen molar-refractivity contribution < 1.29 is 4.74 Å². The fourth-order valence-electron chi connectivity index (χ4n) is 2.87. The van der Waals surface area contributed by atoms with Crippen molar-refractivity contribution in [2.24, 2.45) is 0 Å². The molecule has 0 atom stereocenters. The van der Waals surface area contributed by atoms with Crippen molar-refractivity contribution >= 4 is 28.7 Å². The number of ether oxygens (including phenoxy) is 1. The monoisotopic (exact) mass is 380 g/mol. The van der Waals surface area contributed by atoms with Gasteiger partial charge in [0.2, 0.25) is 0 Å². The highest BCUT2D eigenvalue weighted by molar-refractivity contribution is 7.80. The SMILES string of the molecule is CCOc1ccc(NC(=S)Nc2c(C)nn(Cc3ccccc3)c2C)cc1. The highest BCUT2D eigenvalue weighted by Gasteiger charge is 2.13. The van der Waals surface area contributed by atoms with E-state index in [0.29, 0.717) is 11.7 Å². The van der Waals surface area contributed by atoms with Gasteiger partial charge in [0, 0.05) is 5.69 Å². The molecule has 0 unspecified atom stereocenters. The van der Waals surface area contributed by atoms with Crippen LogP contribution in [0.1, 0.15) is 23.9 Å². The molecule has 0 amide bonds. The molecule has 0 saturated heterocycles. The van der Waals surface area contributed by atoms with Crippen LogP contribution in [-0.2, 0) is 6.54 Å². The molecule has 0 aliphatic rings. The lowest BCUT2D eigenvalue weighted by molar-refractivity contribution is 0.340. The lowest BCUT2D eigenvalue weighted by Crippen LogP contribution is -2.20. The Morgan fingerprint density at radius 2 is 1.74 bits per heavy atom. The Bertz CT molecular complexity index is 904. The van der Waals surface area contributed by atoms with Crippen LogP contribution in [0.15, 0.2) is 54.6 Å². The fraction of sp³-hybridized carbons (Fsp3) is 0.238. The van der Waals surface area contributed by atoms with Crippen molar-refractivity contribution in [1.29, 1.82) is 0 Å². The molecular weight excluding hydrogens is 356 g/mol. The van der Waals surface area contributed by atoms with Gasteiger partial charge in [-0.3, -0.25) is 4.68 Å². The first kappa shape index (κ1) is 18.9. The van der Waals surface area contributed by atoms with E-state index in [9.17, 15) is 0 Å². The highest BCUT2D eigenvalue weighted by Crippen LogP contribution is 2.21. The molecule has 27 heavy (non-hydrogen) atoms. The van der Waals surface area contributed by atoms with Crippen LogP contribution in [0.5, 0.6) is 5.75 Å². The predicted molar refractivity (Wildman–Crippen MR) is 115 cm³/mol. The summed E-state index contributed by atoms with van der Waals surface area (Å²) in [6, 6.07) is 18.0. The zero-order valence-electron chi connectivity index (χ0n) is 15.8. The molecule has 0 aliphatic heterocycles. The summed E-state index contributed by atoms with van der Waals surface area (Å²) in [6.07, 6.45) is 0. The molecule has 2 aromatic carbocycles. The third-order valence-corrected chi connectivity index (χ3v) is 4.42. The molecule has 140 valence electrons. The predicted octanol–water partition coefficient (Wildman–Crippen LogP) is 4.76. The molecule has 0 aliphatic carbocycles. The van der Waals surface area contributed by atoms with Crippen LogP contribution < -0.4 is 15.4 Å². The summed E-state index contributed by atoms with van der Waals surface area (Å²) >= 11 is 5.47. The maximum absolute atomic E-state index is 5.47. The third kappa shape index (κ3) is 4.86. The Morgan fingerprint density at radius 3 is 2.41 bits per heavy atom. The number of anilines is 2. The highest BCUT2D eigenvalue weighted by atomic mass is 32.1. The minimum atomic E-state index is 0.532.